The summed E-state index contributed by atoms with van der Waals surface area (Å²) in [6, 6.07) is 6.92. The third-order valence-electron chi connectivity index (χ3n) is 3.15. The van der Waals surface area contributed by atoms with Crippen molar-refractivity contribution in [1.29, 1.82) is 0 Å². The first kappa shape index (κ1) is 18.5. The first-order valence-electron chi connectivity index (χ1n) is 7.65. The second-order valence-electron chi connectivity index (χ2n) is 6.21. The monoisotopic (exact) mass is 347 g/mol. The number of esters is 2. The number of hydrogen-bond acceptors (Lipinski definition) is 7. The lowest BCUT2D eigenvalue weighted by atomic mass is 10.2. The van der Waals surface area contributed by atoms with Gasteiger partial charge in [0, 0.05) is 20.0 Å². The number of carbonyl (C=O) groups is 3. The highest BCUT2D eigenvalue weighted by atomic mass is 16.7. The minimum Gasteiger partial charge on any atom is -0.419 e. The van der Waals surface area contributed by atoms with E-state index in [2.05, 4.69) is 10.6 Å². The van der Waals surface area contributed by atoms with Crippen molar-refractivity contribution in [3.8, 4) is 0 Å². The van der Waals surface area contributed by atoms with E-state index >= 15 is 0 Å². The van der Waals surface area contributed by atoms with Gasteiger partial charge >= 0.3 is 11.9 Å². The largest absolute Gasteiger partial charge is 0.419 e. The zero-order chi connectivity index (χ0) is 18.6. The lowest BCUT2D eigenvalue weighted by Crippen LogP contribution is -2.42. The molecule has 134 valence electrons. The van der Waals surface area contributed by atoms with Crippen LogP contribution in [0, 0.1) is 0 Å². The normalized spacial score (nSPS) is 16.1. The first-order chi connectivity index (χ1) is 11.7. The molecule has 1 fully saturated rings. The number of cyclic esters (lactones) is 2. The van der Waals surface area contributed by atoms with Gasteiger partial charge in [0.1, 0.15) is 0 Å². The Balaban J connectivity index is 2.14. The van der Waals surface area contributed by atoms with Gasteiger partial charge in [0.15, 0.2) is 5.57 Å². The van der Waals surface area contributed by atoms with Crippen molar-refractivity contribution in [1.82, 2.24) is 4.90 Å². The molecule has 2 rings (SSSR count). The van der Waals surface area contributed by atoms with E-state index in [0.717, 1.165) is 0 Å². The highest BCUT2D eigenvalue weighted by molar-refractivity contribution is 6.15. The third kappa shape index (κ3) is 5.05. The molecule has 1 heterocycles. The van der Waals surface area contributed by atoms with Crippen molar-refractivity contribution >= 4 is 29.2 Å². The lowest BCUT2D eigenvalue weighted by molar-refractivity contribution is -0.222. The summed E-state index contributed by atoms with van der Waals surface area (Å²) in [6.07, 6.45) is 1.21. The summed E-state index contributed by atoms with van der Waals surface area (Å²) in [7, 11) is 3.58. The molecule has 8 heteroatoms. The molecule has 0 aliphatic carbocycles. The van der Waals surface area contributed by atoms with E-state index in [1.807, 2.05) is 0 Å². The van der Waals surface area contributed by atoms with Crippen LogP contribution in [0.15, 0.2) is 36.0 Å². The van der Waals surface area contributed by atoms with E-state index in [-0.39, 0.29) is 18.0 Å². The Morgan fingerprint density at radius 1 is 1.12 bits per heavy atom. The molecule has 1 saturated heterocycles. The second kappa shape index (κ2) is 7.35. The molecule has 2 N–H and O–H groups in total. The molecule has 0 spiro atoms. The Kier molecular flexibility index (Phi) is 5.43. The summed E-state index contributed by atoms with van der Waals surface area (Å²) >= 11 is 0. The van der Waals surface area contributed by atoms with E-state index in [9.17, 15) is 14.4 Å². The van der Waals surface area contributed by atoms with Crippen molar-refractivity contribution in [2.45, 2.75) is 19.6 Å². The number of likely N-dealkylation sites (N-methyl/N-ethyl adjacent to an activating group) is 1. The molecule has 1 aromatic rings. The van der Waals surface area contributed by atoms with E-state index in [0.29, 0.717) is 11.4 Å². The van der Waals surface area contributed by atoms with Crippen LogP contribution >= 0.6 is 0 Å². The molecule has 1 amide bonds. The predicted octanol–water partition coefficient (Wildman–Crippen LogP) is 1.32. The van der Waals surface area contributed by atoms with E-state index in [1.165, 1.54) is 20.0 Å². The van der Waals surface area contributed by atoms with Crippen LogP contribution in [-0.2, 0) is 23.9 Å². The number of ether oxygens (including phenoxy) is 2. The van der Waals surface area contributed by atoms with Gasteiger partial charge in [-0.15, -0.1) is 0 Å². The number of benzene rings is 1. The number of nitrogens with zero attached hydrogens (tertiary/aromatic N) is 1. The molecule has 1 aliphatic heterocycles. The van der Waals surface area contributed by atoms with Crippen molar-refractivity contribution < 1.29 is 23.9 Å². The van der Waals surface area contributed by atoms with Crippen molar-refractivity contribution in [3.05, 3.63) is 36.0 Å². The summed E-state index contributed by atoms with van der Waals surface area (Å²) in [6.45, 7) is 3.17. The van der Waals surface area contributed by atoms with E-state index < -0.39 is 17.7 Å². The molecule has 0 aromatic heterocycles. The van der Waals surface area contributed by atoms with Gasteiger partial charge in [-0.2, -0.15) is 0 Å². The molecular weight excluding hydrogens is 326 g/mol. The smallest absolute Gasteiger partial charge is 0.350 e. The average molecular weight is 347 g/mol. The Labute approximate surface area is 145 Å². The number of rotatable bonds is 5. The fourth-order valence-corrected chi connectivity index (χ4v) is 2.12. The molecular formula is C17H21N3O5. The van der Waals surface area contributed by atoms with Crippen LogP contribution in [0.1, 0.15) is 13.8 Å². The van der Waals surface area contributed by atoms with Gasteiger partial charge in [0.25, 0.3) is 5.79 Å². The minimum atomic E-state index is -1.29. The maximum absolute atomic E-state index is 11.9. The van der Waals surface area contributed by atoms with E-state index in [4.69, 9.17) is 9.47 Å². The molecule has 1 aromatic carbocycles. The lowest BCUT2D eigenvalue weighted by Gasteiger charge is -2.29. The highest BCUT2D eigenvalue weighted by Crippen LogP contribution is 2.24. The van der Waals surface area contributed by atoms with Crippen molar-refractivity contribution in [2.24, 2.45) is 0 Å². The standard InChI is InChI=1S/C17H21N3O5/c1-17(2)24-15(22)11(16(23)25-17)9-18-12-7-5-6-8-13(12)19-14(21)10-20(3)4/h5-9,18H,10H2,1-4H3,(H,19,21). The van der Waals surface area contributed by atoms with Crippen LogP contribution in [-0.4, -0.2) is 49.2 Å². The van der Waals surface area contributed by atoms with Crippen LogP contribution in [0.25, 0.3) is 0 Å². The van der Waals surface area contributed by atoms with Crippen LogP contribution in [0.5, 0.6) is 0 Å². The number of hydrogen-bond donors (Lipinski definition) is 2. The zero-order valence-electron chi connectivity index (χ0n) is 14.6. The maximum atomic E-state index is 11.9. The van der Waals surface area contributed by atoms with Crippen LogP contribution in [0.2, 0.25) is 0 Å². The van der Waals surface area contributed by atoms with Crippen molar-refractivity contribution in [2.75, 3.05) is 31.3 Å². The summed E-state index contributed by atoms with van der Waals surface area (Å²) in [4.78, 5) is 37.5. The molecule has 8 nitrogen and oxygen atoms in total. The van der Waals surface area contributed by atoms with Gasteiger partial charge in [-0.1, -0.05) is 12.1 Å². The molecule has 0 atom stereocenters. The topological polar surface area (TPSA) is 97.0 Å². The molecule has 1 aliphatic rings. The van der Waals surface area contributed by atoms with Gasteiger partial charge < -0.3 is 25.0 Å². The van der Waals surface area contributed by atoms with Crippen LogP contribution in [0.4, 0.5) is 11.4 Å². The molecule has 0 radical (unpaired) electrons. The molecule has 0 unspecified atom stereocenters. The Morgan fingerprint density at radius 3 is 2.24 bits per heavy atom. The van der Waals surface area contributed by atoms with Gasteiger partial charge in [-0.05, 0) is 26.2 Å². The number of anilines is 2. The van der Waals surface area contributed by atoms with Crippen molar-refractivity contribution in [3.63, 3.8) is 0 Å². The fraction of sp³-hybridized carbons (Fsp3) is 0.353. The van der Waals surface area contributed by atoms with Gasteiger partial charge in [0.2, 0.25) is 5.91 Å². The Morgan fingerprint density at radius 2 is 1.68 bits per heavy atom. The van der Waals surface area contributed by atoms with Gasteiger partial charge in [-0.3, -0.25) is 4.79 Å². The summed E-state index contributed by atoms with van der Waals surface area (Å²) in [5.41, 5.74) is 0.783. The number of nitrogens with one attached hydrogen (secondary N) is 2. The fourth-order valence-electron chi connectivity index (χ4n) is 2.12. The summed E-state index contributed by atoms with van der Waals surface area (Å²) in [5, 5.41) is 5.60. The van der Waals surface area contributed by atoms with Gasteiger partial charge in [-0.25, -0.2) is 9.59 Å². The molecule has 0 saturated carbocycles. The summed E-state index contributed by atoms with van der Waals surface area (Å²) in [5.74, 6) is -3.03. The number of amides is 1. The summed E-state index contributed by atoms with van der Waals surface area (Å²) < 4.78 is 10.0. The average Bonchev–Trinajstić information content (AvgIpc) is 2.45. The van der Waals surface area contributed by atoms with Crippen LogP contribution in [0.3, 0.4) is 0 Å². The third-order valence-corrected chi connectivity index (χ3v) is 3.15. The van der Waals surface area contributed by atoms with E-state index in [1.54, 1.807) is 43.3 Å². The zero-order valence-corrected chi connectivity index (χ0v) is 14.6. The number of para-hydroxylation sites is 2. The number of carbonyl (C=O) groups excluding carboxylic acids is 3. The maximum Gasteiger partial charge on any atom is 0.350 e. The molecule has 25 heavy (non-hydrogen) atoms. The first-order valence-corrected chi connectivity index (χ1v) is 7.65. The highest BCUT2D eigenvalue weighted by Gasteiger charge is 2.38. The van der Waals surface area contributed by atoms with Gasteiger partial charge in [0.05, 0.1) is 17.9 Å². The predicted molar refractivity (Wildman–Crippen MR) is 91.6 cm³/mol. The second-order valence-corrected chi connectivity index (χ2v) is 6.21. The van der Waals surface area contributed by atoms with Crippen LogP contribution < -0.4 is 10.6 Å². The Hall–Kier alpha value is -2.87. The Bertz CT molecular complexity index is 703. The minimum absolute atomic E-state index is 0.190. The molecule has 0 bridgehead atoms. The SMILES string of the molecule is CN(C)CC(=O)Nc1ccccc1NC=C1C(=O)OC(C)(C)OC1=O. The quantitative estimate of drug-likeness (QED) is 0.471.